The number of nitrogens with one attached hydrogen (secondary N) is 2. The minimum Gasteiger partial charge on any atom is -0.359 e. The number of carbonyl (C=O) groups excluding carboxylic acids is 2. The summed E-state index contributed by atoms with van der Waals surface area (Å²) in [6, 6.07) is 2.20. The van der Waals surface area contributed by atoms with Crippen LogP contribution in [-0.2, 0) is 9.59 Å². The Labute approximate surface area is 245 Å². The lowest BCUT2D eigenvalue weighted by atomic mass is 9.34. The highest BCUT2D eigenvalue weighted by Gasteiger charge is 2.69. The summed E-state index contributed by atoms with van der Waals surface area (Å²) >= 11 is 0. The average molecular weight is 558 g/mol. The Kier molecular flexibility index (Phi) is 6.69. The number of Topliss-reactive ketones (excluding diaryl/α,β-unsaturated/α-hetero) is 1. The summed E-state index contributed by atoms with van der Waals surface area (Å²) in [7, 11) is 1.77. The van der Waals surface area contributed by atoms with Crippen LogP contribution in [-0.4, -0.2) is 31.1 Å². The molecule has 2 N–H and O–H groups in total. The van der Waals surface area contributed by atoms with Crippen LogP contribution < -0.4 is 10.6 Å². The van der Waals surface area contributed by atoms with Crippen molar-refractivity contribution in [1.29, 1.82) is 10.5 Å². The third kappa shape index (κ3) is 3.98. The fourth-order valence-electron chi connectivity index (χ4n) is 10.5. The Balaban J connectivity index is 1.63. The molecule has 5 aliphatic rings. The van der Waals surface area contributed by atoms with Gasteiger partial charge in [-0.2, -0.15) is 10.5 Å². The molecule has 0 aliphatic heterocycles. The molecule has 7 nitrogen and oxygen atoms in total. The van der Waals surface area contributed by atoms with Crippen molar-refractivity contribution in [1.82, 2.24) is 10.6 Å². The Morgan fingerprint density at radius 3 is 2.34 bits per heavy atom. The maximum atomic E-state index is 14.6. The molecule has 0 aromatic rings. The number of allylic oxidation sites excluding steroid dienone is 4. The molecule has 7 heteroatoms. The minimum absolute atomic E-state index is 0.0479. The number of guanidine groups is 1. The zero-order valence-electron chi connectivity index (χ0n) is 26.2. The number of carbonyl (C=O) groups is 2. The van der Waals surface area contributed by atoms with Gasteiger partial charge in [0.15, 0.2) is 11.6 Å². The fourth-order valence-corrected chi connectivity index (χ4v) is 10.5. The minimum atomic E-state index is -0.658. The molecular weight excluding hydrogens is 510 g/mol. The summed E-state index contributed by atoms with van der Waals surface area (Å²) in [5.74, 6) is 0.776. The van der Waals surface area contributed by atoms with Crippen LogP contribution in [0.25, 0.3) is 0 Å². The van der Waals surface area contributed by atoms with Gasteiger partial charge in [-0.25, -0.2) is 0 Å². The first kappa shape index (κ1) is 29.6. The van der Waals surface area contributed by atoms with Crippen molar-refractivity contribution in [3.05, 3.63) is 23.3 Å². The summed E-state index contributed by atoms with van der Waals surface area (Å²) in [6.07, 6.45) is 12.7. The predicted molar refractivity (Wildman–Crippen MR) is 159 cm³/mol. The van der Waals surface area contributed by atoms with Crippen LogP contribution in [0.4, 0.5) is 0 Å². The van der Waals surface area contributed by atoms with Gasteiger partial charge in [-0.3, -0.25) is 9.59 Å². The topological polar surface area (TPSA) is 118 Å². The normalized spacial score (nSPS) is 42.6. The summed E-state index contributed by atoms with van der Waals surface area (Å²) in [6.45, 7) is 16.3. The van der Waals surface area contributed by atoms with E-state index in [2.05, 4.69) is 56.3 Å². The summed E-state index contributed by atoms with van der Waals surface area (Å²) in [4.78, 5) is 31.8. The number of nitriles is 2. The van der Waals surface area contributed by atoms with Crippen LogP contribution in [0.2, 0.25) is 0 Å². The van der Waals surface area contributed by atoms with Gasteiger partial charge in [0.25, 0.3) is 0 Å². The number of fused-ring (bicyclic) bond motifs is 7. The fraction of sp³-hybridized carbons (Fsp3) is 0.735. The lowest BCUT2D eigenvalue weighted by Crippen LogP contribution is -2.66. The van der Waals surface area contributed by atoms with E-state index in [4.69, 9.17) is 5.26 Å². The van der Waals surface area contributed by atoms with E-state index < -0.39 is 10.8 Å². The lowest BCUT2D eigenvalue weighted by molar-refractivity contribution is -0.170. The van der Waals surface area contributed by atoms with E-state index in [1.165, 1.54) is 0 Å². The van der Waals surface area contributed by atoms with E-state index >= 15 is 0 Å². The molecule has 0 unspecified atom stereocenters. The van der Waals surface area contributed by atoms with Crippen LogP contribution in [0.3, 0.4) is 0 Å². The van der Waals surface area contributed by atoms with E-state index in [1.807, 2.05) is 32.2 Å². The smallest absolute Gasteiger partial charge is 0.209 e. The van der Waals surface area contributed by atoms with Gasteiger partial charge in [-0.1, -0.05) is 60.1 Å². The second-order valence-corrected chi connectivity index (χ2v) is 15.8. The molecule has 0 aromatic heterocycles. The number of hydrogen-bond acceptors (Lipinski definition) is 5. The molecule has 0 radical (unpaired) electrons. The SMILES string of the molecule is CN/C(=N\C#N)NC[C@]12CCC(C)(C)C[C@H]1[C@H]1C(=O)C=C3[C@@]4(C)C=C(C#N)C(=O)C(C)(C)[C@@H]4CC[C@@]3(C)[C@]1(C)CC2. The predicted octanol–water partition coefficient (Wildman–Crippen LogP) is 5.85. The number of rotatable bonds is 2. The lowest BCUT2D eigenvalue weighted by Gasteiger charge is -2.69. The van der Waals surface area contributed by atoms with Crippen LogP contribution >= 0.6 is 0 Å². The molecule has 0 heterocycles. The zero-order chi connectivity index (χ0) is 30.2. The van der Waals surface area contributed by atoms with Gasteiger partial charge in [0.1, 0.15) is 6.07 Å². The molecule has 0 aromatic carbocycles. The number of ketones is 2. The largest absolute Gasteiger partial charge is 0.359 e. The van der Waals surface area contributed by atoms with E-state index in [-0.39, 0.29) is 56.6 Å². The summed E-state index contributed by atoms with van der Waals surface area (Å²) < 4.78 is 0. The number of aliphatic imine (C=N–C) groups is 1. The molecule has 3 saturated carbocycles. The van der Waals surface area contributed by atoms with Gasteiger partial charge in [0.2, 0.25) is 12.2 Å². The molecule has 7 atom stereocenters. The van der Waals surface area contributed by atoms with E-state index in [0.717, 1.165) is 50.5 Å². The van der Waals surface area contributed by atoms with Gasteiger partial charge in [0, 0.05) is 30.3 Å². The maximum absolute atomic E-state index is 14.6. The molecule has 5 aliphatic carbocycles. The molecule has 3 fully saturated rings. The molecule has 0 bridgehead atoms. The van der Waals surface area contributed by atoms with E-state index in [1.54, 1.807) is 7.05 Å². The second kappa shape index (κ2) is 9.29. The van der Waals surface area contributed by atoms with Gasteiger partial charge >= 0.3 is 0 Å². The maximum Gasteiger partial charge on any atom is 0.209 e. The Morgan fingerprint density at radius 2 is 1.71 bits per heavy atom. The second-order valence-electron chi connectivity index (χ2n) is 15.8. The third-order valence-electron chi connectivity index (χ3n) is 13.0. The molecule has 220 valence electrons. The molecule has 41 heavy (non-hydrogen) atoms. The van der Waals surface area contributed by atoms with Gasteiger partial charge in [0.05, 0.1) is 5.57 Å². The van der Waals surface area contributed by atoms with Gasteiger partial charge in [-0.05, 0) is 84.5 Å². The van der Waals surface area contributed by atoms with E-state index in [0.29, 0.717) is 12.5 Å². The first-order valence-electron chi connectivity index (χ1n) is 15.4. The number of hydrogen-bond donors (Lipinski definition) is 2. The summed E-state index contributed by atoms with van der Waals surface area (Å²) in [5.41, 5.74) is -0.166. The van der Waals surface area contributed by atoms with Crippen molar-refractivity contribution in [2.75, 3.05) is 13.6 Å². The van der Waals surface area contributed by atoms with Crippen molar-refractivity contribution in [2.24, 2.45) is 55.2 Å². The van der Waals surface area contributed by atoms with Gasteiger partial charge < -0.3 is 10.6 Å². The monoisotopic (exact) mass is 557 g/mol. The van der Waals surface area contributed by atoms with E-state index in [9.17, 15) is 14.9 Å². The Hall–Kier alpha value is -2.93. The molecule has 5 rings (SSSR count). The van der Waals surface area contributed by atoms with Crippen LogP contribution in [0.1, 0.15) is 93.4 Å². The standard InChI is InChI=1S/C34H47N5O2/c1-29(2)11-13-34(19-38-28(37-8)39-20-36)14-12-33(7)26(22(34)17-29)23(40)15-25-31(5)16-21(18-35)27(41)30(3,4)24(31)9-10-32(25,33)6/h15-16,22,24,26H,9-14,17,19H2,1-8H3,(H2,37,38,39)/t22-,24-,26-,31-,32+,33+,34+/m0/s1. The average Bonchev–Trinajstić information content (AvgIpc) is 2.90. The molecule has 0 saturated heterocycles. The molecule has 0 amide bonds. The van der Waals surface area contributed by atoms with Crippen molar-refractivity contribution in [2.45, 2.75) is 93.4 Å². The molecular formula is C34H47N5O2. The summed E-state index contributed by atoms with van der Waals surface area (Å²) in [5, 5.41) is 25.5. The Morgan fingerprint density at radius 1 is 1.02 bits per heavy atom. The van der Waals surface area contributed by atoms with Crippen LogP contribution in [0, 0.1) is 73.0 Å². The first-order valence-corrected chi connectivity index (χ1v) is 15.4. The third-order valence-corrected chi connectivity index (χ3v) is 13.0. The highest BCUT2D eigenvalue weighted by molar-refractivity contribution is 6.04. The van der Waals surface area contributed by atoms with Crippen molar-refractivity contribution in [3.63, 3.8) is 0 Å². The van der Waals surface area contributed by atoms with Crippen molar-refractivity contribution < 1.29 is 9.59 Å². The first-order chi connectivity index (χ1) is 19.0. The molecule has 0 spiro atoms. The zero-order valence-corrected chi connectivity index (χ0v) is 26.2. The highest BCUT2D eigenvalue weighted by Crippen LogP contribution is 2.74. The highest BCUT2D eigenvalue weighted by atomic mass is 16.1. The van der Waals surface area contributed by atoms with Crippen LogP contribution in [0.5, 0.6) is 0 Å². The van der Waals surface area contributed by atoms with Crippen molar-refractivity contribution in [3.8, 4) is 12.3 Å². The Bertz CT molecular complexity index is 1360. The van der Waals surface area contributed by atoms with Crippen molar-refractivity contribution >= 4 is 17.5 Å². The quantitative estimate of drug-likeness (QED) is 0.250. The van der Waals surface area contributed by atoms with Crippen LogP contribution in [0.15, 0.2) is 28.3 Å². The number of nitrogens with zero attached hydrogens (tertiary/aromatic N) is 3. The van der Waals surface area contributed by atoms with Gasteiger partial charge in [-0.15, -0.1) is 4.99 Å².